The molecule has 0 saturated heterocycles. The monoisotopic (exact) mass is 281 g/mol. The first-order valence-corrected chi connectivity index (χ1v) is 6.80. The molecule has 106 valence electrons. The Kier molecular flexibility index (Phi) is 3.46. The average molecular weight is 281 g/mol. The topological polar surface area (TPSA) is 52.8 Å². The molecule has 0 aliphatic carbocycles. The van der Waals surface area contributed by atoms with Crippen LogP contribution in [0.25, 0.3) is 0 Å². The van der Waals surface area contributed by atoms with Crippen LogP contribution in [-0.2, 0) is 13.1 Å². The molecule has 0 amide bonds. The van der Waals surface area contributed by atoms with E-state index in [1.165, 1.54) is 0 Å². The lowest BCUT2D eigenvalue weighted by Crippen LogP contribution is -2.38. The highest BCUT2D eigenvalue weighted by atomic mass is 16.3. The van der Waals surface area contributed by atoms with Gasteiger partial charge in [-0.15, -0.1) is 0 Å². The summed E-state index contributed by atoms with van der Waals surface area (Å²) in [7, 11) is 0. The summed E-state index contributed by atoms with van der Waals surface area (Å²) in [4.78, 5) is 4.23. The quantitative estimate of drug-likeness (QED) is 0.846. The Bertz CT molecular complexity index is 611. The maximum atomic E-state index is 9.37. The van der Waals surface area contributed by atoms with E-state index in [2.05, 4.69) is 11.2 Å². The minimum atomic E-state index is 0.273. The van der Waals surface area contributed by atoms with Crippen molar-refractivity contribution in [1.82, 2.24) is 0 Å². The number of phenolic OH excluding ortho intramolecular Hbond substituents is 2. The summed E-state index contributed by atoms with van der Waals surface area (Å²) in [5, 5.41) is 18.7. The summed E-state index contributed by atoms with van der Waals surface area (Å²) in [6.45, 7) is 1.53. The van der Waals surface area contributed by atoms with E-state index in [-0.39, 0.29) is 11.5 Å². The van der Waals surface area contributed by atoms with Crippen molar-refractivity contribution in [2.75, 3.05) is 0 Å². The number of nitrogens with zero attached hydrogens (tertiary/aromatic N) is 2. The van der Waals surface area contributed by atoms with E-state index in [1.807, 2.05) is 30.6 Å². The summed E-state index contributed by atoms with van der Waals surface area (Å²) >= 11 is 0. The molecular formula is C17H17N2O2+. The highest BCUT2D eigenvalue weighted by Gasteiger charge is 2.27. The van der Waals surface area contributed by atoms with Crippen molar-refractivity contribution in [2.24, 2.45) is 4.99 Å². The predicted molar refractivity (Wildman–Crippen MR) is 81.5 cm³/mol. The van der Waals surface area contributed by atoms with Crippen molar-refractivity contribution in [2.45, 2.75) is 13.1 Å². The van der Waals surface area contributed by atoms with Crippen LogP contribution in [-0.4, -0.2) is 21.0 Å². The molecule has 21 heavy (non-hydrogen) atoms. The van der Waals surface area contributed by atoms with Gasteiger partial charge in [0.15, 0.2) is 6.34 Å². The fraction of sp³-hybridized carbons (Fsp3) is 0.118. The molecular weight excluding hydrogens is 264 g/mol. The Labute approximate surface area is 123 Å². The van der Waals surface area contributed by atoms with Crippen LogP contribution in [0.2, 0.25) is 0 Å². The van der Waals surface area contributed by atoms with Crippen molar-refractivity contribution in [3.05, 3.63) is 72.1 Å². The van der Waals surface area contributed by atoms with Gasteiger partial charge in [-0.3, -0.25) is 0 Å². The van der Waals surface area contributed by atoms with Crippen LogP contribution in [0.5, 0.6) is 11.5 Å². The van der Waals surface area contributed by atoms with Gasteiger partial charge >= 0.3 is 0 Å². The first kappa shape index (κ1) is 13.4. The summed E-state index contributed by atoms with van der Waals surface area (Å²) in [6.07, 6.45) is 5.78. The summed E-state index contributed by atoms with van der Waals surface area (Å²) in [6, 6.07) is 14.5. The van der Waals surface area contributed by atoms with Crippen LogP contribution < -0.4 is 0 Å². The fourth-order valence-corrected chi connectivity index (χ4v) is 2.51. The first-order valence-electron chi connectivity index (χ1n) is 6.80. The number of hydrogen-bond acceptors (Lipinski definition) is 3. The summed E-state index contributed by atoms with van der Waals surface area (Å²) < 4.78 is 0.593. The Morgan fingerprint density at radius 2 is 1.24 bits per heavy atom. The van der Waals surface area contributed by atoms with E-state index in [0.29, 0.717) is 4.48 Å². The number of aromatic hydroxyl groups is 2. The molecule has 0 saturated carbocycles. The standard InChI is InChI=1S/C17H16N2O2/c20-16-5-1-14(2-6-16)11-19(10-9-18-13-19)12-15-3-7-17(21)8-4-15/h1-10,13H,11-12H2,(H-,20,21)/p+1. The van der Waals surface area contributed by atoms with Gasteiger partial charge in [-0.05, 0) is 48.5 Å². The Morgan fingerprint density at radius 3 is 1.62 bits per heavy atom. The number of hydrogen-bond donors (Lipinski definition) is 2. The van der Waals surface area contributed by atoms with Gasteiger partial charge in [0.05, 0.1) is 6.20 Å². The molecule has 4 nitrogen and oxygen atoms in total. The third kappa shape index (κ3) is 3.12. The SMILES string of the molecule is Oc1ccc(C[N+]2(Cc3ccc(O)cc3)C=CN=C2)cc1. The molecule has 0 unspecified atom stereocenters. The van der Waals surface area contributed by atoms with Gasteiger partial charge in [0.25, 0.3) is 0 Å². The summed E-state index contributed by atoms with van der Waals surface area (Å²) in [5.74, 6) is 0.545. The first-order chi connectivity index (χ1) is 10.2. The van der Waals surface area contributed by atoms with Crippen LogP contribution in [0.1, 0.15) is 11.1 Å². The Morgan fingerprint density at radius 1 is 0.762 bits per heavy atom. The number of rotatable bonds is 4. The second kappa shape index (κ2) is 5.42. The van der Waals surface area contributed by atoms with E-state index >= 15 is 0 Å². The molecule has 0 fully saturated rings. The number of benzene rings is 2. The smallest absolute Gasteiger partial charge is 0.195 e. The van der Waals surface area contributed by atoms with Crippen LogP contribution in [0.4, 0.5) is 0 Å². The number of quaternary nitrogens is 1. The molecule has 1 heterocycles. The maximum Gasteiger partial charge on any atom is 0.195 e. The molecule has 1 aliphatic rings. The van der Waals surface area contributed by atoms with Crippen molar-refractivity contribution >= 4 is 6.34 Å². The molecule has 0 bridgehead atoms. The molecule has 0 spiro atoms. The Hall–Kier alpha value is -2.59. The van der Waals surface area contributed by atoms with Gasteiger partial charge in [0, 0.05) is 11.1 Å². The molecule has 3 rings (SSSR count). The minimum Gasteiger partial charge on any atom is -0.508 e. The zero-order valence-corrected chi connectivity index (χ0v) is 11.6. The lowest BCUT2D eigenvalue weighted by molar-refractivity contribution is -0.808. The lowest BCUT2D eigenvalue weighted by atomic mass is 10.1. The van der Waals surface area contributed by atoms with Crippen molar-refractivity contribution < 1.29 is 14.7 Å². The largest absolute Gasteiger partial charge is 0.508 e. The average Bonchev–Trinajstić information content (AvgIpc) is 2.92. The second-order valence-corrected chi connectivity index (χ2v) is 5.31. The molecule has 2 aromatic rings. The van der Waals surface area contributed by atoms with E-state index in [1.54, 1.807) is 30.5 Å². The van der Waals surface area contributed by atoms with E-state index < -0.39 is 0 Å². The van der Waals surface area contributed by atoms with Crippen molar-refractivity contribution in [3.63, 3.8) is 0 Å². The molecule has 2 N–H and O–H groups in total. The van der Waals surface area contributed by atoms with Gasteiger partial charge in [0.1, 0.15) is 30.8 Å². The minimum absolute atomic E-state index is 0.273. The van der Waals surface area contributed by atoms with Crippen LogP contribution in [0.3, 0.4) is 0 Å². The predicted octanol–water partition coefficient (Wildman–Crippen LogP) is 3.13. The zero-order chi connectivity index (χ0) is 14.7. The molecule has 0 aromatic heterocycles. The van der Waals surface area contributed by atoms with Gasteiger partial charge in [-0.2, -0.15) is 0 Å². The third-order valence-corrected chi connectivity index (χ3v) is 3.57. The highest BCUT2D eigenvalue weighted by Crippen LogP contribution is 2.23. The van der Waals surface area contributed by atoms with Crippen molar-refractivity contribution in [1.29, 1.82) is 0 Å². The van der Waals surface area contributed by atoms with Gasteiger partial charge < -0.3 is 10.2 Å². The highest BCUT2D eigenvalue weighted by molar-refractivity contribution is 5.51. The van der Waals surface area contributed by atoms with Crippen LogP contribution in [0, 0.1) is 0 Å². The van der Waals surface area contributed by atoms with E-state index in [9.17, 15) is 10.2 Å². The van der Waals surface area contributed by atoms with Gasteiger partial charge in [-0.1, -0.05) is 0 Å². The normalized spacial score (nSPS) is 15.4. The molecule has 4 heteroatoms. The van der Waals surface area contributed by atoms with E-state index in [4.69, 9.17) is 0 Å². The number of phenols is 2. The number of aliphatic imine (C=N–C) groups is 1. The maximum absolute atomic E-state index is 9.37. The second-order valence-electron chi connectivity index (χ2n) is 5.31. The molecule has 0 radical (unpaired) electrons. The zero-order valence-electron chi connectivity index (χ0n) is 11.6. The van der Waals surface area contributed by atoms with Crippen LogP contribution >= 0.6 is 0 Å². The van der Waals surface area contributed by atoms with Crippen LogP contribution in [0.15, 0.2) is 65.9 Å². The fourth-order valence-electron chi connectivity index (χ4n) is 2.51. The molecule has 1 aliphatic heterocycles. The summed E-state index contributed by atoms with van der Waals surface area (Å²) in [5.41, 5.74) is 2.26. The lowest BCUT2D eigenvalue weighted by Gasteiger charge is -2.27. The Balaban J connectivity index is 1.83. The van der Waals surface area contributed by atoms with E-state index in [0.717, 1.165) is 24.2 Å². The molecule has 2 aromatic carbocycles. The third-order valence-electron chi connectivity index (χ3n) is 3.57. The van der Waals surface area contributed by atoms with Gasteiger partial charge in [-0.25, -0.2) is 9.48 Å². The molecule has 0 atom stereocenters. The van der Waals surface area contributed by atoms with Gasteiger partial charge in [0.2, 0.25) is 0 Å². The van der Waals surface area contributed by atoms with Crippen molar-refractivity contribution in [3.8, 4) is 11.5 Å².